The van der Waals surface area contributed by atoms with Crippen molar-refractivity contribution in [1.82, 2.24) is 9.88 Å². The molecule has 1 aromatic carbocycles. The Morgan fingerprint density at radius 2 is 2.11 bits per heavy atom. The number of rotatable bonds is 4. The molecule has 1 saturated heterocycles. The van der Waals surface area contributed by atoms with Gasteiger partial charge < -0.3 is 14.6 Å². The third-order valence-electron chi connectivity index (χ3n) is 5.83. The second-order valence-corrected chi connectivity index (χ2v) is 7.45. The summed E-state index contributed by atoms with van der Waals surface area (Å²) in [6.07, 6.45) is 8.53. The van der Waals surface area contributed by atoms with E-state index >= 15 is 0 Å². The van der Waals surface area contributed by atoms with Crippen molar-refractivity contribution < 1.29 is 14.0 Å². The minimum atomic E-state index is -0.148. The highest BCUT2D eigenvalue weighted by Gasteiger charge is 2.38. The minimum absolute atomic E-state index is 0.00653. The van der Waals surface area contributed by atoms with Crippen LogP contribution in [0.4, 0.5) is 5.69 Å². The Hall–Kier alpha value is -2.63. The number of nitrogens with one attached hydrogen (secondary N) is 1. The lowest BCUT2D eigenvalue weighted by Gasteiger charge is -2.37. The number of amides is 2. The van der Waals surface area contributed by atoms with E-state index in [-0.39, 0.29) is 23.8 Å². The molecule has 27 heavy (non-hydrogen) atoms. The fourth-order valence-corrected chi connectivity index (χ4v) is 4.39. The van der Waals surface area contributed by atoms with Crippen LogP contribution in [-0.4, -0.2) is 34.3 Å². The molecule has 142 valence electrons. The number of likely N-dealkylation sites (tertiary alicyclic amines) is 1. The van der Waals surface area contributed by atoms with Gasteiger partial charge in [-0.25, -0.2) is 4.98 Å². The average Bonchev–Trinajstić information content (AvgIpc) is 3.35. The number of aromatic nitrogens is 1. The molecule has 2 atom stereocenters. The third kappa shape index (κ3) is 3.48. The van der Waals surface area contributed by atoms with Crippen LogP contribution < -0.4 is 5.32 Å². The Labute approximate surface area is 159 Å². The zero-order valence-corrected chi connectivity index (χ0v) is 15.6. The summed E-state index contributed by atoms with van der Waals surface area (Å²) < 4.78 is 5.41. The number of carbonyl (C=O) groups is 2. The predicted octanol–water partition coefficient (Wildman–Crippen LogP) is 3.77. The van der Waals surface area contributed by atoms with E-state index in [0.717, 1.165) is 55.5 Å². The van der Waals surface area contributed by atoms with Crippen LogP contribution in [-0.2, 0) is 9.59 Å². The van der Waals surface area contributed by atoms with Gasteiger partial charge in [0.1, 0.15) is 6.26 Å². The van der Waals surface area contributed by atoms with Gasteiger partial charge in [-0.1, -0.05) is 18.9 Å². The standard InChI is InChI=1S/C21H25N3O3/c1-14-15(21-22-11-13-27-21)7-4-8-17(14)23-20(26)16-6-2-3-9-18(16)24-12-5-10-19(24)25/h4,7-8,11,13,16,18H,2-3,5-6,9-10,12H2,1H3,(H,23,26)/t16-,18+/m1/s1. The third-order valence-corrected chi connectivity index (χ3v) is 5.83. The van der Waals surface area contributed by atoms with Crippen molar-refractivity contribution >= 4 is 17.5 Å². The Bertz CT molecular complexity index is 831. The molecule has 2 fully saturated rings. The second-order valence-electron chi connectivity index (χ2n) is 7.45. The average molecular weight is 367 g/mol. The number of hydrogen-bond acceptors (Lipinski definition) is 4. The first-order valence-electron chi connectivity index (χ1n) is 9.75. The molecule has 1 saturated carbocycles. The first-order chi connectivity index (χ1) is 13.1. The summed E-state index contributed by atoms with van der Waals surface area (Å²) in [4.78, 5) is 31.5. The number of nitrogens with zero attached hydrogens (tertiary/aromatic N) is 2. The molecule has 1 N–H and O–H groups in total. The van der Waals surface area contributed by atoms with E-state index < -0.39 is 0 Å². The van der Waals surface area contributed by atoms with Gasteiger partial charge in [0.15, 0.2) is 0 Å². The molecule has 6 nitrogen and oxygen atoms in total. The number of hydrogen-bond donors (Lipinski definition) is 1. The van der Waals surface area contributed by atoms with E-state index in [2.05, 4.69) is 10.3 Å². The lowest BCUT2D eigenvalue weighted by Crippen LogP contribution is -2.47. The van der Waals surface area contributed by atoms with Gasteiger partial charge in [-0.2, -0.15) is 0 Å². The maximum absolute atomic E-state index is 13.1. The van der Waals surface area contributed by atoms with Gasteiger partial charge in [0.2, 0.25) is 17.7 Å². The van der Waals surface area contributed by atoms with Crippen LogP contribution in [0.3, 0.4) is 0 Å². The fourth-order valence-electron chi connectivity index (χ4n) is 4.39. The van der Waals surface area contributed by atoms with Crippen LogP contribution in [0.5, 0.6) is 0 Å². The Kier molecular flexibility index (Phi) is 4.97. The van der Waals surface area contributed by atoms with E-state index in [9.17, 15) is 9.59 Å². The zero-order chi connectivity index (χ0) is 18.8. The number of anilines is 1. The lowest BCUT2D eigenvalue weighted by atomic mass is 9.82. The van der Waals surface area contributed by atoms with Gasteiger partial charge in [0.05, 0.1) is 12.1 Å². The van der Waals surface area contributed by atoms with E-state index in [4.69, 9.17) is 4.42 Å². The Balaban J connectivity index is 1.54. The zero-order valence-electron chi connectivity index (χ0n) is 15.6. The first kappa shape index (κ1) is 17.8. The number of oxazole rings is 1. The lowest BCUT2D eigenvalue weighted by molar-refractivity contribution is -0.133. The molecule has 0 unspecified atom stereocenters. The molecule has 1 aliphatic heterocycles. The summed E-state index contributed by atoms with van der Waals surface area (Å²) in [7, 11) is 0. The van der Waals surface area contributed by atoms with Crippen LogP contribution in [0.2, 0.25) is 0 Å². The van der Waals surface area contributed by atoms with Crippen LogP contribution in [0.25, 0.3) is 11.5 Å². The van der Waals surface area contributed by atoms with Gasteiger partial charge >= 0.3 is 0 Å². The van der Waals surface area contributed by atoms with Crippen LogP contribution in [0.15, 0.2) is 35.1 Å². The molecule has 2 aliphatic rings. The van der Waals surface area contributed by atoms with Crippen molar-refractivity contribution in [2.24, 2.45) is 5.92 Å². The molecule has 2 aromatic rings. The summed E-state index contributed by atoms with van der Waals surface area (Å²) in [6.45, 7) is 2.74. The SMILES string of the molecule is Cc1c(NC(=O)[C@@H]2CCCC[C@@H]2N2CCCC2=O)cccc1-c1ncco1. The highest BCUT2D eigenvalue weighted by Crippen LogP contribution is 2.33. The van der Waals surface area contributed by atoms with E-state index in [1.54, 1.807) is 12.5 Å². The van der Waals surface area contributed by atoms with Crippen molar-refractivity contribution in [3.63, 3.8) is 0 Å². The topological polar surface area (TPSA) is 75.4 Å². The van der Waals surface area contributed by atoms with Crippen molar-refractivity contribution in [3.05, 3.63) is 36.2 Å². The Morgan fingerprint density at radius 1 is 1.26 bits per heavy atom. The van der Waals surface area contributed by atoms with Crippen LogP contribution in [0, 0.1) is 12.8 Å². The summed E-state index contributed by atoms with van der Waals surface area (Å²) in [5.74, 6) is 0.598. The molecule has 0 spiro atoms. The molecule has 0 bridgehead atoms. The second kappa shape index (κ2) is 7.55. The van der Waals surface area contributed by atoms with Crippen molar-refractivity contribution in [2.45, 2.75) is 51.5 Å². The van der Waals surface area contributed by atoms with Gasteiger partial charge in [-0.15, -0.1) is 0 Å². The number of carbonyl (C=O) groups excluding carboxylic acids is 2. The summed E-state index contributed by atoms with van der Waals surface area (Å²) in [5, 5.41) is 3.10. The maximum atomic E-state index is 13.1. The van der Waals surface area contributed by atoms with E-state index in [1.807, 2.05) is 30.0 Å². The van der Waals surface area contributed by atoms with Crippen LogP contribution >= 0.6 is 0 Å². The van der Waals surface area contributed by atoms with Crippen LogP contribution in [0.1, 0.15) is 44.1 Å². The largest absolute Gasteiger partial charge is 0.445 e. The molecule has 6 heteroatoms. The predicted molar refractivity (Wildman–Crippen MR) is 102 cm³/mol. The van der Waals surface area contributed by atoms with Crippen molar-refractivity contribution in [1.29, 1.82) is 0 Å². The summed E-state index contributed by atoms with van der Waals surface area (Å²) in [5.41, 5.74) is 2.57. The van der Waals surface area contributed by atoms with Gasteiger partial charge in [-0.05, 0) is 43.9 Å². The minimum Gasteiger partial charge on any atom is -0.445 e. The highest BCUT2D eigenvalue weighted by molar-refractivity contribution is 5.95. The van der Waals surface area contributed by atoms with Gasteiger partial charge in [0, 0.05) is 30.3 Å². The fraction of sp³-hybridized carbons (Fsp3) is 0.476. The van der Waals surface area contributed by atoms with E-state index in [1.165, 1.54) is 0 Å². The molecule has 1 aliphatic carbocycles. The molecule has 4 rings (SSSR count). The molecular weight excluding hydrogens is 342 g/mol. The molecular formula is C21H25N3O3. The van der Waals surface area contributed by atoms with Crippen molar-refractivity contribution in [3.8, 4) is 11.5 Å². The Morgan fingerprint density at radius 3 is 2.85 bits per heavy atom. The monoisotopic (exact) mass is 367 g/mol. The highest BCUT2D eigenvalue weighted by atomic mass is 16.3. The first-order valence-corrected chi connectivity index (χ1v) is 9.75. The molecule has 1 aromatic heterocycles. The van der Waals surface area contributed by atoms with E-state index in [0.29, 0.717) is 12.3 Å². The molecule has 0 radical (unpaired) electrons. The number of benzene rings is 1. The maximum Gasteiger partial charge on any atom is 0.229 e. The van der Waals surface area contributed by atoms with Crippen molar-refractivity contribution in [2.75, 3.05) is 11.9 Å². The quantitative estimate of drug-likeness (QED) is 0.892. The van der Waals surface area contributed by atoms with Gasteiger partial charge in [-0.3, -0.25) is 9.59 Å². The summed E-state index contributed by atoms with van der Waals surface area (Å²) >= 11 is 0. The molecule has 2 amide bonds. The smallest absolute Gasteiger partial charge is 0.229 e. The normalized spacial score (nSPS) is 22.9. The molecule has 2 heterocycles. The van der Waals surface area contributed by atoms with Gasteiger partial charge in [0.25, 0.3) is 0 Å². The summed E-state index contributed by atoms with van der Waals surface area (Å²) in [6, 6.07) is 5.76.